The van der Waals surface area contributed by atoms with Crippen molar-refractivity contribution in [2.24, 2.45) is 0 Å². The van der Waals surface area contributed by atoms with Crippen molar-refractivity contribution in [1.82, 2.24) is 4.98 Å². The molecule has 1 amide bonds. The normalized spacial score (nSPS) is 10.4. The molecule has 0 aliphatic heterocycles. The fourth-order valence-corrected chi connectivity index (χ4v) is 3.43. The number of aryl methyl sites for hydroxylation is 1. The lowest BCUT2D eigenvalue weighted by molar-refractivity contribution is -0.118. The van der Waals surface area contributed by atoms with Crippen molar-refractivity contribution in [3.05, 3.63) is 63.9 Å². The molecular formula is C18H15BrN2O2S. The highest BCUT2D eigenvalue weighted by Gasteiger charge is 2.12. The molecule has 4 nitrogen and oxygen atoms in total. The molecule has 0 radical (unpaired) electrons. The van der Waals surface area contributed by atoms with Crippen LogP contribution in [0.3, 0.4) is 0 Å². The highest BCUT2D eigenvalue weighted by atomic mass is 79.9. The Morgan fingerprint density at radius 3 is 2.62 bits per heavy atom. The second kappa shape index (κ2) is 7.59. The summed E-state index contributed by atoms with van der Waals surface area (Å²) in [5, 5.41) is 3.37. The van der Waals surface area contributed by atoms with E-state index in [-0.39, 0.29) is 12.5 Å². The monoisotopic (exact) mass is 402 g/mol. The van der Waals surface area contributed by atoms with Gasteiger partial charge in [0.25, 0.3) is 5.91 Å². The van der Waals surface area contributed by atoms with Crippen molar-refractivity contribution in [2.45, 2.75) is 6.92 Å². The summed E-state index contributed by atoms with van der Waals surface area (Å²) in [5.41, 5.74) is 1.93. The second-order valence-corrected chi connectivity index (χ2v) is 7.11. The summed E-state index contributed by atoms with van der Waals surface area (Å²) in [5.74, 6) is 0.395. The Balaban J connectivity index is 1.64. The second-order valence-electron chi connectivity index (χ2n) is 5.06. The van der Waals surface area contributed by atoms with E-state index in [2.05, 4.69) is 26.2 Å². The van der Waals surface area contributed by atoms with Crippen LogP contribution < -0.4 is 10.1 Å². The number of hydrogen-bond acceptors (Lipinski definition) is 4. The molecular weight excluding hydrogens is 388 g/mol. The van der Waals surface area contributed by atoms with Crippen LogP contribution in [0.4, 0.5) is 5.13 Å². The number of nitrogens with zero attached hydrogens (tertiary/aromatic N) is 1. The number of carbonyl (C=O) groups excluding carboxylic acids is 1. The number of anilines is 1. The molecule has 0 atom stereocenters. The van der Waals surface area contributed by atoms with E-state index in [0.717, 1.165) is 20.6 Å². The quantitative estimate of drug-likeness (QED) is 0.660. The average molecular weight is 403 g/mol. The fourth-order valence-electron chi connectivity index (χ4n) is 2.17. The van der Waals surface area contributed by atoms with Gasteiger partial charge in [-0.25, -0.2) is 4.98 Å². The summed E-state index contributed by atoms with van der Waals surface area (Å²) in [6.07, 6.45) is 0. The van der Waals surface area contributed by atoms with E-state index in [1.54, 1.807) is 6.07 Å². The van der Waals surface area contributed by atoms with Crippen LogP contribution in [-0.2, 0) is 4.79 Å². The zero-order valence-corrected chi connectivity index (χ0v) is 15.4. The highest BCUT2D eigenvalue weighted by molar-refractivity contribution is 9.10. The maximum absolute atomic E-state index is 12.1. The van der Waals surface area contributed by atoms with Crippen molar-refractivity contribution in [3.8, 4) is 17.0 Å². The van der Waals surface area contributed by atoms with Crippen molar-refractivity contribution in [2.75, 3.05) is 11.9 Å². The summed E-state index contributed by atoms with van der Waals surface area (Å²) in [4.78, 5) is 17.6. The number of benzene rings is 2. The van der Waals surface area contributed by atoms with Crippen molar-refractivity contribution in [3.63, 3.8) is 0 Å². The van der Waals surface area contributed by atoms with Gasteiger partial charge < -0.3 is 4.74 Å². The minimum atomic E-state index is -0.237. The molecule has 24 heavy (non-hydrogen) atoms. The number of nitrogens with one attached hydrogen (secondary N) is 1. The van der Waals surface area contributed by atoms with E-state index in [1.165, 1.54) is 11.3 Å². The Labute approximate surface area is 152 Å². The molecule has 3 aromatic rings. The van der Waals surface area contributed by atoms with Crippen LogP contribution >= 0.6 is 27.3 Å². The molecule has 0 fully saturated rings. The van der Waals surface area contributed by atoms with Gasteiger partial charge >= 0.3 is 0 Å². The molecule has 1 aromatic heterocycles. The Kier molecular flexibility index (Phi) is 5.27. The van der Waals surface area contributed by atoms with E-state index in [0.29, 0.717) is 10.9 Å². The van der Waals surface area contributed by atoms with Gasteiger partial charge in [-0.3, -0.25) is 10.1 Å². The van der Waals surface area contributed by atoms with Crippen LogP contribution in [0.2, 0.25) is 0 Å². The maximum atomic E-state index is 12.1. The van der Waals surface area contributed by atoms with E-state index in [1.807, 2.05) is 55.5 Å². The number of amides is 1. The van der Waals surface area contributed by atoms with E-state index in [4.69, 9.17) is 4.74 Å². The average Bonchev–Trinajstić information content (AvgIpc) is 2.95. The van der Waals surface area contributed by atoms with Crippen LogP contribution in [0.25, 0.3) is 11.3 Å². The molecule has 0 aliphatic rings. The first kappa shape index (κ1) is 16.7. The molecule has 1 heterocycles. The topological polar surface area (TPSA) is 51.2 Å². The van der Waals surface area contributed by atoms with Gasteiger partial charge in [0.05, 0.1) is 10.2 Å². The number of aromatic nitrogens is 1. The number of hydrogen-bond donors (Lipinski definition) is 1. The van der Waals surface area contributed by atoms with Gasteiger partial charge in [0, 0.05) is 10.4 Å². The number of halogens is 1. The zero-order chi connectivity index (χ0) is 16.9. The minimum Gasteiger partial charge on any atom is -0.483 e. The van der Waals surface area contributed by atoms with Gasteiger partial charge in [-0.05, 0) is 35.0 Å². The number of para-hydroxylation sites is 1. The molecule has 0 aliphatic carbocycles. The van der Waals surface area contributed by atoms with E-state index < -0.39 is 0 Å². The van der Waals surface area contributed by atoms with Gasteiger partial charge in [0.1, 0.15) is 5.75 Å². The summed E-state index contributed by atoms with van der Waals surface area (Å²) in [7, 11) is 0. The Morgan fingerprint density at radius 1 is 1.17 bits per heavy atom. The maximum Gasteiger partial charge on any atom is 0.264 e. The van der Waals surface area contributed by atoms with E-state index >= 15 is 0 Å². The van der Waals surface area contributed by atoms with Gasteiger partial charge in [-0.15, -0.1) is 11.3 Å². The van der Waals surface area contributed by atoms with Crippen LogP contribution in [0.15, 0.2) is 59.1 Å². The van der Waals surface area contributed by atoms with Gasteiger partial charge in [0.15, 0.2) is 11.7 Å². The Morgan fingerprint density at radius 2 is 1.88 bits per heavy atom. The lowest BCUT2D eigenvalue weighted by Gasteiger charge is -2.07. The molecule has 0 unspecified atom stereocenters. The van der Waals surface area contributed by atoms with Gasteiger partial charge in [-0.2, -0.15) is 0 Å². The third-order valence-corrected chi connectivity index (χ3v) is 4.83. The minimum absolute atomic E-state index is 0.0675. The summed E-state index contributed by atoms with van der Waals surface area (Å²) >= 11 is 4.84. The first-order chi connectivity index (χ1) is 11.6. The predicted octanol–water partition coefficient (Wildman–Crippen LogP) is 4.90. The molecule has 0 saturated heterocycles. The van der Waals surface area contributed by atoms with Gasteiger partial charge in [0.2, 0.25) is 0 Å². The predicted molar refractivity (Wildman–Crippen MR) is 101 cm³/mol. The number of rotatable bonds is 5. The third-order valence-electron chi connectivity index (χ3n) is 3.29. The largest absolute Gasteiger partial charge is 0.483 e. The Hall–Kier alpha value is -2.18. The summed E-state index contributed by atoms with van der Waals surface area (Å²) in [6.45, 7) is 1.93. The lowest BCUT2D eigenvalue weighted by atomic mass is 10.1. The molecule has 0 spiro atoms. The Bertz CT molecular complexity index is 849. The standard InChI is InChI=1S/C18H15BrN2O2S/c1-12-17(13-7-3-2-4-8-13)21-18(24-12)20-16(22)11-23-15-10-6-5-9-14(15)19/h2-10H,11H2,1H3,(H,20,21,22). The van der Waals surface area contributed by atoms with Crippen LogP contribution in [0, 0.1) is 6.92 Å². The summed E-state index contributed by atoms with van der Waals surface area (Å²) < 4.78 is 6.32. The molecule has 0 saturated carbocycles. The van der Waals surface area contributed by atoms with Crippen molar-refractivity contribution < 1.29 is 9.53 Å². The number of thiazole rings is 1. The molecule has 1 N–H and O–H groups in total. The third kappa shape index (κ3) is 4.01. The van der Waals surface area contributed by atoms with Crippen molar-refractivity contribution in [1.29, 1.82) is 0 Å². The SMILES string of the molecule is Cc1sc(NC(=O)COc2ccccc2Br)nc1-c1ccccc1. The molecule has 122 valence electrons. The van der Waals surface area contributed by atoms with Crippen LogP contribution in [-0.4, -0.2) is 17.5 Å². The molecule has 6 heteroatoms. The number of carbonyl (C=O) groups is 1. The first-order valence-electron chi connectivity index (χ1n) is 7.33. The summed E-state index contributed by atoms with van der Waals surface area (Å²) in [6, 6.07) is 17.3. The number of ether oxygens (including phenoxy) is 1. The smallest absolute Gasteiger partial charge is 0.264 e. The molecule has 0 bridgehead atoms. The lowest BCUT2D eigenvalue weighted by Crippen LogP contribution is -2.20. The zero-order valence-electron chi connectivity index (χ0n) is 13.0. The van der Waals surface area contributed by atoms with Crippen molar-refractivity contribution >= 4 is 38.3 Å². The first-order valence-corrected chi connectivity index (χ1v) is 8.94. The molecule has 2 aromatic carbocycles. The molecule has 3 rings (SSSR count). The van der Waals surface area contributed by atoms with E-state index in [9.17, 15) is 4.79 Å². The van der Waals surface area contributed by atoms with Gasteiger partial charge in [-0.1, -0.05) is 42.5 Å². The van der Waals surface area contributed by atoms with Crippen LogP contribution in [0.5, 0.6) is 5.75 Å². The fraction of sp³-hybridized carbons (Fsp3) is 0.111. The highest BCUT2D eigenvalue weighted by Crippen LogP contribution is 2.30. The van der Waals surface area contributed by atoms with Crippen LogP contribution in [0.1, 0.15) is 4.88 Å².